The maximum Gasteiger partial charge on any atom is 0.104 e. The summed E-state index contributed by atoms with van der Waals surface area (Å²) in [4.78, 5) is 0. The first-order chi connectivity index (χ1) is 14.8. The van der Waals surface area contributed by atoms with Crippen molar-refractivity contribution in [3.8, 4) is 0 Å². The zero-order chi connectivity index (χ0) is 22.7. The van der Waals surface area contributed by atoms with Crippen molar-refractivity contribution in [3.63, 3.8) is 0 Å². The lowest BCUT2D eigenvalue weighted by molar-refractivity contribution is 0.0177. The number of hydrogen-bond donors (Lipinski definition) is 0. The second kappa shape index (κ2) is 5.50. The molecule has 1 spiro atoms. The Morgan fingerprint density at radius 3 is 1.94 bits per heavy atom. The average Bonchev–Trinajstić information content (AvgIpc) is 3.46. The van der Waals surface area contributed by atoms with E-state index in [4.69, 9.17) is 9.47 Å². The zero-order valence-electron chi connectivity index (χ0n) is 22.1. The largest absolute Gasteiger partial charge is 0.366 e. The molecule has 8 rings (SSSR count). The standard InChI is InChI=1S/2C15H24O/c1-9(2)15-6-5-13(3)8-11(15)14(4)12(16-14)7-10(13)15;1-12(2)15(16-12)10-5-6-13(3)7-8-14(10,4)9-11(13)15/h9-12H,5-8H2,1-4H3;10-11H,5-9H2,1-4H3. The van der Waals surface area contributed by atoms with Gasteiger partial charge in [-0.3, -0.25) is 0 Å². The molecule has 0 aromatic heterocycles. The lowest BCUT2D eigenvalue weighted by Gasteiger charge is -2.46. The normalized spacial score (nSPS) is 65.7. The van der Waals surface area contributed by atoms with Gasteiger partial charge < -0.3 is 9.47 Å². The molecule has 2 heterocycles. The van der Waals surface area contributed by atoms with E-state index in [1.807, 2.05) is 0 Å². The van der Waals surface area contributed by atoms with Crippen LogP contribution in [0, 0.1) is 51.2 Å². The van der Waals surface area contributed by atoms with Gasteiger partial charge in [0.2, 0.25) is 0 Å². The minimum absolute atomic E-state index is 0.173. The SMILES string of the molecule is CC(C)C12CCC3(C)CC1C1(C)OC1CC32.CC12CCC3C(C)(CC1)CC2C31OC1(C)C. The summed E-state index contributed by atoms with van der Waals surface area (Å²) in [6.45, 7) is 19.6. The molecular weight excluding hydrogens is 392 g/mol. The number of epoxide rings is 2. The number of rotatable bonds is 1. The van der Waals surface area contributed by atoms with Crippen LogP contribution in [0.2, 0.25) is 0 Å². The highest BCUT2D eigenvalue weighted by Crippen LogP contribution is 2.81. The molecule has 0 amide bonds. The van der Waals surface area contributed by atoms with Crippen molar-refractivity contribution in [2.24, 2.45) is 51.2 Å². The number of fused-ring (bicyclic) bond motifs is 4. The smallest absolute Gasteiger partial charge is 0.104 e. The van der Waals surface area contributed by atoms with Crippen LogP contribution in [0.15, 0.2) is 0 Å². The second-order valence-electron chi connectivity index (χ2n) is 15.8. The molecule has 6 aliphatic carbocycles. The van der Waals surface area contributed by atoms with Gasteiger partial charge in [0.05, 0.1) is 17.3 Å². The molecule has 2 aliphatic heterocycles. The van der Waals surface area contributed by atoms with Gasteiger partial charge in [-0.15, -0.1) is 0 Å². The van der Waals surface area contributed by atoms with E-state index in [0.29, 0.717) is 27.8 Å². The molecule has 0 radical (unpaired) electrons. The first-order valence-electron chi connectivity index (χ1n) is 14.2. The highest BCUT2D eigenvalue weighted by molar-refractivity contribution is 5.31. The zero-order valence-corrected chi connectivity index (χ0v) is 22.1. The van der Waals surface area contributed by atoms with Crippen molar-refractivity contribution in [1.82, 2.24) is 0 Å². The molecule has 7 bridgehead atoms. The summed E-state index contributed by atoms with van der Waals surface area (Å²) >= 11 is 0. The van der Waals surface area contributed by atoms with Crippen LogP contribution in [-0.2, 0) is 9.47 Å². The minimum atomic E-state index is 0.173. The Labute approximate surface area is 197 Å². The summed E-state index contributed by atoms with van der Waals surface area (Å²) in [6.07, 6.45) is 13.6. The third kappa shape index (κ3) is 2.07. The molecule has 2 nitrogen and oxygen atoms in total. The van der Waals surface area contributed by atoms with E-state index in [1.54, 1.807) is 0 Å². The molecule has 0 aromatic rings. The Balaban J connectivity index is 0.000000113. The fourth-order valence-electron chi connectivity index (χ4n) is 12.2. The van der Waals surface area contributed by atoms with E-state index in [1.165, 1.54) is 57.8 Å². The van der Waals surface area contributed by atoms with E-state index < -0.39 is 0 Å². The number of ether oxygens (including phenoxy) is 2. The molecule has 11 unspecified atom stereocenters. The molecule has 8 fully saturated rings. The molecule has 2 saturated heterocycles. The molecule has 32 heavy (non-hydrogen) atoms. The maximum atomic E-state index is 6.33. The molecule has 6 saturated carbocycles. The van der Waals surface area contributed by atoms with Gasteiger partial charge in [-0.1, -0.05) is 34.6 Å². The van der Waals surface area contributed by atoms with Crippen LogP contribution in [0.4, 0.5) is 0 Å². The third-order valence-electron chi connectivity index (χ3n) is 14.1. The second-order valence-corrected chi connectivity index (χ2v) is 15.8. The Kier molecular flexibility index (Phi) is 3.65. The maximum absolute atomic E-state index is 6.33. The number of hydrogen-bond acceptors (Lipinski definition) is 2. The summed E-state index contributed by atoms with van der Waals surface area (Å²) in [5.41, 5.74) is 3.23. The fourth-order valence-corrected chi connectivity index (χ4v) is 12.2. The van der Waals surface area contributed by atoms with Gasteiger partial charge in [0.15, 0.2) is 0 Å². The first kappa shape index (κ1) is 21.2. The Bertz CT molecular complexity index is 874. The predicted octanol–water partition coefficient (Wildman–Crippen LogP) is 7.40. The van der Waals surface area contributed by atoms with E-state index in [0.717, 1.165) is 29.6 Å². The minimum Gasteiger partial charge on any atom is -0.366 e. The quantitative estimate of drug-likeness (QED) is 0.397. The summed E-state index contributed by atoms with van der Waals surface area (Å²) < 4.78 is 12.4. The van der Waals surface area contributed by atoms with Gasteiger partial charge in [0.1, 0.15) is 5.60 Å². The molecule has 0 aromatic carbocycles. The van der Waals surface area contributed by atoms with Crippen LogP contribution in [0.5, 0.6) is 0 Å². The van der Waals surface area contributed by atoms with Gasteiger partial charge in [-0.05, 0) is 130 Å². The van der Waals surface area contributed by atoms with Crippen molar-refractivity contribution in [3.05, 3.63) is 0 Å². The first-order valence-corrected chi connectivity index (χ1v) is 14.2. The van der Waals surface area contributed by atoms with Gasteiger partial charge >= 0.3 is 0 Å². The van der Waals surface area contributed by atoms with Gasteiger partial charge in [-0.2, -0.15) is 0 Å². The van der Waals surface area contributed by atoms with Crippen LogP contribution in [-0.4, -0.2) is 22.9 Å². The van der Waals surface area contributed by atoms with Crippen molar-refractivity contribution < 1.29 is 9.47 Å². The molecule has 0 N–H and O–H groups in total. The van der Waals surface area contributed by atoms with Gasteiger partial charge in [0, 0.05) is 0 Å². The van der Waals surface area contributed by atoms with Crippen LogP contribution in [0.1, 0.15) is 113 Å². The van der Waals surface area contributed by atoms with E-state index in [-0.39, 0.29) is 16.8 Å². The summed E-state index contributed by atoms with van der Waals surface area (Å²) in [6, 6.07) is 0. The Hall–Kier alpha value is -0.0800. The highest BCUT2D eigenvalue weighted by atomic mass is 16.6. The van der Waals surface area contributed by atoms with Crippen molar-refractivity contribution >= 4 is 0 Å². The van der Waals surface area contributed by atoms with E-state index in [2.05, 4.69) is 55.4 Å². The van der Waals surface area contributed by atoms with Crippen molar-refractivity contribution in [1.29, 1.82) is 0 Å². The van der Waals surface area contributed by atoms with E-state index >= 15 is 0 Å². The Morgan fingerprint density at radius 1 is 0.688 bits per heavy atom. The monoisotopic (exact) mass is 440 g/mol. The summed E-state index contributed by atoms with van der Waals surface area (Å²) in [5, 5.41) is 0. The molecule has 180 valence electrons. The molecule has 8 aliphatic rings. The van der Waals surface area contributed by atoms with Crippen LogP contribution < -0.4 is 0 Å². The van der Waals surface area contributed by atoms with Gasteiger partial charge in [0.25, 0.3) is 0 Å². The average molecular weight is 441 g/mol. The molecular formula is C30H48O2. The van der Waals surface area contributed by atoms with Crippen LogP contribution in [0.3, 0.4) is 0 Å². The van der Waals surface area contributed by atoms with Crippen LogP contribution >= 0.6 is 0 Å². The topological polar surface area (TPSA) is 25.1 Å². The lowest BCUT2D eigenvalue weighted by atomic mass is 9.56. The predicted molar refractivity (Wildman–Crippen MR) is 128 cm³/mol. The Morgan fingerprint density at radius 2 is 1.28 bits per heavy atom. The molecule has 2 heteroatoms. The summed E-state index contributed by atoms with van der Waals surface area (Å²) in [5.74, 6) is 4.38. The third-order valence-corrected chi connectivity index (χ3v) is 14.1. The lowest BCUT2D eigenvalue weighted by Crippen LogP contribution is -2.46. The fraction of sp³-hybridized carbons (Fsp3) is 1.00. The van der Waals surface area contributed by atoms with E-state index in [9.17, 15) is 0 Å². The van der Waals surface area contributed by atoms with Crippen LogP contribution in [0.25, 0.3) is 0 Å². The highest BCUT2D eigenvalue weighted by Gasteiger charge is 2.82. The van der Waals surface area contributed by atoms with Gasteiger partial charge in [-0.25, -0.2) is 0 Å². The molecule has 11 atom stereocenters. The van der Waals surface area contributed by atoms with Crippen molar-refractivity contribution in [2.45, 2.75) is 136 Å². The summed E-state index contributed by atoms with van der Waals surface area (Å²) in [7, 11) is 0. The van der Waals surface area contributed by atoms with Crippen molar-refractivity contribution in [2.75, 3.05) is 0 Å².